The predicted octanol–water partition coefficient (Wildman–Crippen LogP) is 2.81. The van der Waals surface area contributed by atoms with Gasteiger partial charge in [0.25, 0.3) is 11.5 Å². The second kappa shape index (κ2) is 10.6. The first-order chi connectivity index (χ1) is 16.4. The maximum Gasteiger partial charge on any atom is 0.490 e. The van der Waals surface area contributed by atoms with E-state index in [0.717, 1.165) is 44.8 Å². The van der Waals surface area contributed by atoms with Crippen molar-refractivity contribution in [2.75, 3.05) is 19.6 Å². The van der Waals surface area contributed by atoms with Crippen molar-refractivity contribution in [3.05, 3.63) is 63.8 Å². The van der Waals surface area contributed by atoms with Crippen molar-refractivity contribution in [3.63, 3.8) is 0 Å². The number of aliphatic carboxylic acids is 1. The van der Waals surface area contributed by atoms with Crippen molar-refractivity contribution in [1.29, 1.82) is 0 Å². The van der Waals surface area contributed by atoms with Crippen molar-refractivity contribution in [3.8, 4) is 0 Å². The first-order valence-electron chi connectivity index (χ1n) is 11.4. The van der Waals surface area contributed by atoms with Gasteiger partial charge in [-0.1, -0.05) is 44.2 Å². The average molecular weight is 495 g/mol. The summed E-state index contributed by atoms with van der Waals surface area (Å²) >= 11 is 0. The van der Waals surface area contributed by atoms with Crippen LogP contribution in [0.15, 0.2) is 41.3 Å². The molecule has 2 aliphatic rings. The molecule has 0 radical (unpaired) electrons. The van der Waals surface area contributed by atoms with Gasteiger partial charge in [0.2, 0.25) is 0 Å². The van der Waals surface area contributed by atoms with E-state index in [1.165, 1.54) is 5.56 Å². The largest absolute Gasteiger partial charge is 0.490 e. The molecule has 11 heteroatoms. The standard InChI is InChI=1S/C22H28N4O2.C2HF3O2/c1-16(2)12-23-19(27)18-14-26-11-9-22(21(26)24-20(18)28)8-10-25(15-22)13-17-6-4-3-5-7-17;3-2(4,5)1(6)7/h3-7,14,16H,8-13,15H2,1-2H3,(H,23,27);(H,6,7). The van der Waals surface area contributed by atoms with Crippen LogP contribution in [0.5, 0.6) is 0 Å². The normalized spacial score (nSPS) is 19.4. The highest BCUT2D eigenvalue weighted by atomic mass is 19.4. The summed E-state index contributed by atoms with van der Waals surface area (Å²) in [6.45, 7) is 8.25. The third-order valence-corrected chi connectivity index (χ3v) is 6.14. The zero-order valence-corrected chi connectivity index (χ0v) is 19.6. The molecule has 2 N–H and O–H groups in total. The molecule has 4 rings (SSSR count). The van der Waals surface area contributed by atoms with Crippen LogP contribution in [0.3, 0.4) is 0 Å². The number of benzene rings is 1. The van der Waals surface area contributed by atoms with Gasteiger partial charge in [-0.15, -0.1) is 0 Å². The van der Waals surface area contributed by atoms with E-state index in [1.54, 1.807) is 6.20 Å². The number of hydrogen-bond acceptors (Lipinski definition) is 5. The molecule has 0 aliphatic carbocycles. The highest BCUT2D eigenvalue weighted by Crippen LogP contribution is 2.41. The number of likely N-dealkylation sites (tertiary alicyclic amines) is 1. The molecule has 190 valence electrons. The summed E-state index contributed by atoms with van der Waals surface area (Å²) in [4.78, 5) is 40.7. The van der Waals surface area contributed by atoms with Gasteiger partial charge in [0.1, 0.15) is 11.4 Å². The Hall–Kier alpha value is -3.21. The number of halogens is 3. The number of amides is 1. The van der Waals surface area contributed by atoms with Crippen LogP contribution >= 0.6 is 0 Å². The summed E-state index contributed by atoms with van der Waals surface area (Å²) in [5, 5.41) is 9.95. The SMILES string of the molecule is CC(C)CNC(=O)c1cn2c(nc1=O)C1(CCN(Cc3ccccc3)C1)CC2.O=C(O)C(F)(F)F. The Kier molecular flexibility index (Phi) is 7.99. The molecule has 1 saturated heterocycles. The smallest absolute Gasteiger partial charge is 0.475 e. The van der Waals surface area contributed by atoms with E-state index in [2.05, 4.69) is 39.5 Å². The number of aromatic nitrogens is 2. The number of nitrogens with zero attached hydrogens (tertiary/aromatic N) is 3. The first-order valence-corrected chi connectivity index (χ1v) is 11.4. The first kappa shape index (κ1) is 26.4. The van der Waals surface area contributed by atoms with Crippen LogP contribution in [-0.2, 0) is 23.3 Å². The fraction of sp³-hybridized carbons (Fsp3) is 0.500. The van der Waals surface area contributed by atoms with Gasteiger partial charge < -0.3 is 15.0 Å². The van der Waals surface area contributed by atoms with Crippen molar-refractivity contribution >= 4 is 11.9 Å². The molecule has 1 unspecified atom stereocenters. The number of carbonyl (C=O) groups is 2. The summed E-state index contributed by atoms with van der Waals surface area (Å²) in [7, 11) is 0. The Bertz CT molecular complexity index is 1120. The molecule has 2 aromatic rings. The summed E-state index contributed by atoms with van der Waals surface area (Å²) < 4.78 is 33.8. The minimum atomic E-state index is -5.08. The zero-order chi connectivity index (χ0) is 25.8. The summed E-state index contributed by atoms with van der Waals surface area (Å²) in [5.41, 5.74) is 0.983. The lowest BCUT2D eigenvalue weighted by Gasteiger charge is -2.23. The average Bonchev–Trinajstić information content (AvgIpc) is 3.35. The number of alkyl halides is 3. The maximum atomic E-state index is 12.6. The van der Waals surface area contributed by atoms with Gasteiger partial charge in [0.05, 0.1) is 0 Å². The molecule has 3 heterocycles. The number of hydrogen-bond donors (Lipinski definition) is 2. The van der Waals surface area contributed by atoms with E-state index in [-0.39, 0.29) is 16.9 Å². The topological polar surface area (TPSA) is 105 Å². The number of nitrogens with one attached hydrogen (secondary N) is 1. The van der Waals surface area contributed by atoms with Gasteiger partial charge in [0.15, 0.2) is 0 Å². The Morgan fingerprint density at radius 2 is 1.80 bits per heavy atom. The van der Waals surface area contributed by atoms with Gasteiger partial charge in [-0.05, 0) is 30.9 Å². The molecule has 0 saturated carbocycles. The molecule has 1 fully saturated rings. The van der Waals surface area contributed by atoms with Crippen LogP contribution in [0.4, 0.5) is 13.2 Å². The number of fused-ring (bicyclic) bond motifs is 2. The zero-order valence-electron chi connectivity index (χ0n) is 19.6. The van der Waals surface area contributed by atoms with E-state index in [0.29, 0.717) is 12.5 Å². The van der Waals surface area contributed by atoms with Gasteiger partial charge in [-0.2, -0.15) is 18.2 Å². The molecule has 1 aromatic carbocycles. The highest BCUT2D eigenvalue weighted by molar-refractivity contribution is 5.93. The molecule has 1 amide bonds. The quantitative estimate of drug-likeness (QED) is 0.663. The minimum absolute atomic E-state index is 0.0686. The Morgan fingerprint density at radius 3 is 2.40 bits per heavy atom. The van der Waals surface area contributed by atoms with Crippen LogP contribution in [0.25, 0.3) is 0 Å². The lowest BCUT2D eigenvalue weighted by Crippen LogP contribution is -2.36. The monoisotopic (exact) mass is 494 g/mol. The lowest BCUT2D eigenvalue weighted by molar-refractivity contribution is -0.192. The summed E-state index contributed by atoms with van der Waals surface area (Å²) in [6.07, 6.45) is -1.39. The van der Waals surface area contributed by atoms with E-state index >= 15 is 0 Å². The van der Waals surface area contributed by atoms with Crippen molar-refractivity contribution < 1.29 is 27.9 Å². The lowest BCUT2D eigenvalue weighted by atomic mass is 9.85. The Labute approximate surface area is 200 Å². The van der Waals surface area contributed by atoms with Gasteiger partial charge in [-0.25, -0.2) is 4.79 Å². The Balaban J connectivity index is 0.000000429. The maximum absolute atomic E-state index is 12.6. The van der Waals surface area contributed by atoms with Crippen molar-refractivity contribution in [2.24, 2.45) is 5.92 Å². The molecule has 0 bridgehead atoms. The number of carbonyl (C=O) groups excluding carboxylic acids is 1. The number of aryl methyl sites for hydroxylation is 1. The predicted molar refractivity (Wildman–Crippen MR) is 122 cm³/mol. The summed E-state index contributed by atoms with van der Waals surface area (Å²) in [6, 6.07) is 10.5. The van der Waals surface area contributed by atoms with Gasteiger partial charge in [-0.3, -0.25) is 14.5 Å². The fourth-order valence-electron chi connectivity index (χ4n) is 4.40. The van der Waals surface area contributed by atoms with Crippen molar-refractivity contribution in [2.45, 2.75) is 51.4 Å². The molecular formula is C24H29F3N4O4. The molecule has 35 heavy (non-hydrogen) atoms. The van der Waals surface area contributed by atoms with Crippen LogP contribution in [-0.4, -0.2) is 57.2 Å². The van der Waals surface area contributed by atoms with Crippen LogP contribution < -0.4 is 10.9 Å². The number of rotatable bonds is 5. The molecular weight excluding hydrogens is 465 g/mol. The van der Waals surface area contributed by atoms with Crippen LogP contribution in [0.2, 0.25) is 0 Å². The summed E-state index contributed by atoms with van der Waals surface area (Å²) in [5.74, 6) is -1.88. The van der Waals surface area contributed by atoms with E-state index < -0.39 is 17.7 Å². The van der Waals surface area contributed by atoms with Crippen molar-refractivity contribution in [1.82, 2.24) is 19.8 Å². The van der Waals surface area contributed by atoms with E-state index in [4.69, 9.17) is 9.90 Å². The third kappa shape index (κ3) is 6.47. The van der Waals surface area contributed by atoms with E-state index in [9.17, 15) is 22.8 Å². The Morgan fingerprint density at radius 1 is 1.17 bits per heavy atom. The molecule has 8 nitrogen and oxygen atoms in total. The molecule has 2 aliphatic heterocycles. The number of carboxylic acid groups (broad SMARTS) is 1. The number of carboxylic acids is 1. The van der Waals surface area contributed by atoms with Gasteiger partial charge >= 0.3 is 12.1 Å². The fourth-order valence-corrected chi connectivity index (χ4v) is 4.40. The van der Waals surface area contributed by atoms with Crippen LogP contribution in [0, 0.1) is 5.92 Å². The van der Waals surface area contributed by atoms with Crippen LogP contribution in [0.1, 0.15) is 48.4 Å². The third-order valence-electron chi connectivity index (χ3n) is 6.14. The molecule has 1 atom stereocenters. The second-order valence-electron chi connectivity index (χ2n) is 9.36. The van der Waals surface area contributed by atoms with E-state index in [1.807, 2.05) is 24.5 Å². The van der Waals surface area contributed by atoms with Gasteiger partial charge in [0, 0.05) is 37.8 Å². The molecule has 1 aromatic heterocycles. The molecule has 1 spiro atoms. The highest BCUT2D eigenvalue weighted by Gasteiger charge is 2.46. The second-order valence-corrected chi connectivity index (χ2v) is 9.36. The minimum Gasteiger partial charge on any atom is -0.475 e.